The Labute approximate surface area is 132 Å². The van der Waals surface area contributed by atoms with Crippen molar-refractivity contribution in [3.63, 3.8) is 0 Å². The molecule has 0 radical (unpaired) electrons. The minimum atomic E-state index is -0.558. The van der Waals surface area contributed by atoms with E-state index in [0.717, 1.165) is 11.0 Å². The van der Waals surface area contributed by atoms with Gasteiger partial charge in [-0.2, -0.15) is 0 Å². The van der Waals surface area contributed by atoms with Crippen LogP contribution in [-0.2, 0) is 0 Å². The Kier molecular flexibility index (Phi) is 6.03. The summed E-state index contributed by atoms with van der Waals surface area (Å²) in [6, 6.07) is 11.0. The second kappa shape index (κ2) is 7.78. The van der Waals surface area contributed by atoms with Crippen molar-refractivity contribution in [1.29, 1.82) is 0 Å². The molecular formula is C16H16ClF2NS. The van der Waals surface area contributed by atoms with Gasteiger partial charge in [-0.1, -0.05) is 24.6 Å². The maximum Gasteiger partial charge on any atom is 0.130 e. The summed E-state index contributed by atoms with van der Waals surface area (Å²) in [5.41, 5.74) is 0.486. The van der Waals surface area contributed by atoms with E-state index in [1.807, 2.05) is 31.2 Å². The molecule has 112 valence electrons. The fourth-order valence-electron chi connectivity index (χ4n) is 2.00. The number of hydrogen-bond acceptors (Lipinski definition) is 2. The van der Waals surface area contributed by atoms with Crippen molar-refractivity contribution in [2.24, 2.45) is 0 Å². The number of nitrogens with one attached hydrogen (secondary N) is 1. The molecule has 1 N–H and O–H groups in total. The summed E-state index contributed by atoms with van der Waals surface area (Å²) in [6.45, 7) is 2.67. The van der Waals surface area contributed by atoms with Crippen LogP contribution in [0.2, 0.25) is 5.02 Å². The lowest BCUT2D eigenvalue weighted by atomic mass is 10.1. The summed E-state index contributed by atoms with van der Waals surface area (Å²) in [4.78, 5) is 1.06. The summed E-state index contributed by atoms with van der Waals surface area (Å²) in [7, 11) is 0. The molecule has 0 bridgehead atoms. The van der Waals surface area contributed by atoms with Crippen molar-refractivity contribution in [3.8, 4) is 0 Å². The highest BCUT2D eigenvalue weighted by molar-refractivity contribution is 7.99. The highest BCUT2D eigenvalue weighted by atomic mass is 35.5. The molecule has 0 saturated heterocycles. The molecular weight excluding hydrogens is 312 g/mol. The van der Waals surface area contributed by atoms with Gasteiger partial charge < -0.3 is 5.32 Å². The van der Waals surface area contributed by atoms with E-state index in [9.17, 15) is 8.78 Å². The third kappa shape index (κ3) is 4.70. The molecule has 0 spiro atoms. The Bertz CT molecular complexity index is 589. The molecule has 1 unspecified atom stereocenters. The van der Waals surface area contributed by atoms with Crippen LogP contribution in [0.3, 0.4) is 0 Å². The lowest BCUT2D eigenvalue weighted by Crippen LogP contribution is -2.24. The van der Waals surface area contributed by atoms with Crippen LogP contribution in [0, 0.1) is 11.6 Å². The maximum absolute atomic E-state index is 13.9. The van der Waals surface area contributed by atoms with Crippen molar-refractivity contribution in [2.75, 3.05) is 12.3 Å². The van der Waals surface area contributed by atoms with E-state index in [-0.39, 0.29) is 6.04 Å². The number of thioether (sulfide) groups is 1. The molecule has 0 saturated carbocycles. The quantitative estimate of drug-likeness (QED) is 0.744. The average Bonchev–Trinajstić information content (AvgIpc) is 2.46. The van der Waals surface area contributed by atoms with Gasteiger partial charge in [0.1, 0.15) is 11.6 Å². The summed E-state index contributed by atoms with van der Waals surface area (Å²) in [6.07, 6.45) is 0. The third-order valence-electron chi connectivity index (χ3n) is 3.02. The molecule has 0 fully saturated rings. The first-order valence-electron chi connectivity index (χ1n) is 6.67. The fourth-order valence-corrected chi connectivity index (χ4v) is 3.11. The lowest BCUT2D eigenvalue weighted by molar-refractivity contribution is 0.531. The van der Waals surface area contributed by atoms with E-state index in [1.54, 1.807) is 11.8 Å². The molecule has 0 aromatic heterocycles. The first kappa shape index (κ1) is 16.3. The summed E-state index contributed by atoms with van der Waals surface area (Å²) in [5.74, 6) is -0.424. The van der Waals surface area contributed by atoms with Gasteiger partial charge in [-0.05, 0) is 36.9 Å². The van der Waals surface area contributed by atoms with Crippen molar-refractivity contribution in [2.45, 2.75) is 17.9 Å². The van der Waals surface area contributed by atoms with E-state index in [0.29, 0.717) is 22.9 Å². The molecule has 0 heterocycles. The van der Waals surface area contributed by atoms with Crippen LogP contribution in [0.15, 0.2) is 47.4 Å². The predicted molar refractivity (Wildman–Crippen MR) is 85.0 cm³/mol. The number of benzene rings is 2. The Morgan fingerprint density at radius 3 is 2.48 bits per heavy atom. The van der Waals surface area contributed by atoms with Gasteiger partial charge in [0, 0.05) is 33.3 Å². The van der Waals surface area contributed by atoms with Gasteiger partial charge in [-0.3, -0.25) is 0 Å². The topological polar surface area (TPSA) is 12.0 Å². The highest BCUT2D eigenvalue weighted by Gasteiger charge is 2.15. The van der Waals surface area contributed by atoms with E-state index in [2.05, 4.69) is 5.32 Å². The van der Waals surface area contributed by atoms with Crippen LogP contribution < -0.4 is 5.32 Å². The number of rotatable bonds is 6. The molecule has 0 aliphatic heterocycles. The van der Waals surface area contributed by atoms with Crippen molar-refractivity contribution in [3.05, 3.63) is 64.7 Å². The molecule has 2 aromatic rings. The van der Waals surface area contributed by atoms with Gasteiger partial charge in [0.25, 0.3) is 0 Å². The van der Waals surface area contributed by atoms with Gasteiger partial charge >= 0.3 is 0 Å². The number of hydrogen-bond donors (Lipinski definition) is 1. The molecule has 1 atom stereocenters. The summed E-state index contributed by atoms with van der Waals surface area (Å²) < 4.78 is 26.9. The highest BCUT2D eigenvalue weighted by Crippen LogP contribution is 2.27. The molecule has 2 rings (SSSR count). The lowest BCUT2D eigenvalue weighted by Gasteiger charge is -2.18. The van der Waals surface area contributed by atoms with Crippen LogP contribution in [0.4, 0.5) is 8.78 Å². The molecule has 0 aliphatic carbocycles. The molecule has 0 aliphatic rings. The van der Waals surface area contributed by atoms with Crippen molar-refractivity contribution >= 4 is 23.4 Å². The van der Waals surface area contributed by atoms with E-state index < -0.39 is 11.6 Å². The maximum atomic E-state index is 13.9. The van der Waals surface area contributed by atoms with E-state index in [1.165, 1.54) is 12.1 Å². The standard InChI is InChI=1S/C16H16ClF2NS/c1-2-20-16(14-8-5-12(18)9-15(14)19)10-21-13-6-3-11(17)4-7-13/h3-9,16,20H,2,10H2,1H3. The monoisotopic (exact) mass is 327 g/mol. The first-order chi connectivity index (χ1) is 10.1. The van der Waals surface area contributed by atoms with Gasteiger partial charge in [-0.15, -0.1) is 11.8 Å². The van der Waals surface area contributed by atoms with Crippen LogP contribution in [-0.4, -0.2) is 12.3 Å². The second-order valence-corrected chi connectivity index (χ2v) is 6.07. The first-order valence-corrected chi connectivity index (χ1v) is 8.03. The zero-order valence-corrected chi connectivity index (χ0v) is 13.1. The summed E-state index contributed by atoms with van der Waals surface area (Å²) >= 11 is 7.45. The molecule has 0 amide bonds. The van der Waals surface area contributed by atoms with Gasteiger partial charge in [0.2, 0.25) is 0 Å². The fraction of sp³-hybridized carbons (Fsp3) is 0.250. The normalized spacial score (nSPS) is 12.4. The minimum absolute atomic E-state index is 0.170. The largest absolute Gasteiger partial charge is 0.309 e. The van der Waals surface area contributed by atoms with Crippen LogP contribution in [0.5, 0.6) is 0 Å². The smallest absolute Gasteiger partial charge is 0.130 e. The molecule has 1 nitrogen and oxygen atoms in total. The molecule has 21 heavy (non-hydrogen) atoms. The van der Waals surface area contributed by atoms with E-state index >= 15 is 0 Å². The van der Waals surface area contributed by atoms with Crippen molar-refractivity contribution < 1.29 is 8.78 Å². The van der Waals surface area contributed by atoms with Crippen molar-refractivity contribution in [1.82, 2.24) is 5.32 Å². The van der Waals surface area contributed by atoms with Crippen LogP contribution >= 0.6 is 23.4 Å². The zero-order chi connectivity index (χ0) is 15.2. The van der Waals surface area contributed by atoms with E-state index in [4.69, 9.17) is 11.6 Å². The summed E-state index contributed by atoms with van der Waals surface area (Å²) in [5, 5.41) is 3.92. The van der Waals surface area contributed by atoms with Gasteiger partial charge in [0.05, 0.1) is 0 Å². The Hall–Kier alpha value is -1.10. The predicted octanol–water partition coefficient (Wildman–Crippen LogP) is 5.06. The molecule has 2 aromatic carbocycles. The van der Waals surface area contributed by atoms with Crippen LogP contribution in [0.1, 0.15) is 18.5 Å². The number of halogens is 3. The SMILES string of the molecule is CCNC(CSc1ccc(Cl)cc1)c1ccc(F)cc1F. The minimum Gasteiger partial charge on any atom is -0.309 e. The third-order valence-corrected chi connectivity index (χ3v) is 4.38. The van der Waals surface area contributed by atoms with Crippen LogP contribution in [0.25, 0.3) is 0 Å². The van der Waals surface area contributed by atoms with Gasteiger partial charge in [0.15, 0.2) is 0 Å². The Morgan fingerprint density at radius 1 is 1.14 bits per heavy atom. The Balaban J connectivity index is 2.09. The molecule has 5 heteroatoms. The van der Waals surface area contributed by atoms with Gasteiger partial charge in [-0.25, -0.2) is 8.78 Å². The second-order valence-electron chi connectivity index (χ2n) is 4.54. The average molecular weight is 328 g/mol. The Morgan fingerprint density at radius 2 is 1.86 bits per heavy atom. The zero-order valence-electron chi connectivity index (χ0n) is 11.6.